The van der Waals surface area contributed by atoms with Crippen molar-refractivity contribution in [3.05, 3.63) is 99.2 Å². The molecule has 4 rings (SSSR count). The molecule has 2 amide bonds. The molecule has 0 fully saturated rings. The van der Waals surface area contributed by atoms with Gasteiger partial charge in [-0.05, 0) is 80.8 Å². The van der Waals surface area contributed by atoms with Gasteiger partial charge in [0.05, 0.1) is 23.4 Å². The minimum absolute atomic E-state index is 0.0590. The van der Waals surface area contributed by atoms with Crippen LogP contribution in [0.15, 0.2) is 71.4 Å². The lowest BCUT2D eigenvalue weighted by molar-refractivity contribution is -0.120. The summed E-state index contributed by atoms with van der Waals surface area (Å²) in [6, 6.07) is 16.2. The quantitative estimate of drug-likeness (QED) is 0.245. The van der Waals surface area contributed by atoms with Crippen LogP contribution in [0.2, 0.25) is 0 Å². The Balaban J connectivity index is 1.53. The van der Waals surface area contributed by atoms with Crippen LogP contribution in [0.4, 0.5) is 11.4 Å². The van der Waals surface area contributed by atoms with Gasteiger partial charge >= 0.3 is 11.9 Å². The number of esters is 2. The molecule has 3 aromatic carbocycles. The molecular weight excluding hydrogens is 508 g/mol. The fourth-order valence-electron chi connectivity index (χ4n) is 3.95. The molecule has 0 unspecified atom stereocenters. The van der Waals surface area contributed by atoms with E-state index in [1.807, 2.05) is 32.9 Å². The molecule has 0 aliphatic carbocycles. The summed E-state index contributed by atoms with van der Waals surface area (Å²) in [5, 5.41) is 2.52. The van der Waals surface area contributed by atoms with Crippen LogP contribution >= 0.6 is 11.6 Å². The molecule has 0 radical (unpaired) electrons. The zero-order chi connectivity index (χ0) is 27.6. The van der Waals surface area contributed by atoms with Crippen LogP contribution in [0.1, 0.15) is 44.3 Å². The van der Waals surface area contributed by atoms with Gasteiger partial charge in [-0.3, -0.25) is 9.59 Å². The number of aryl methyl sites for hydroxylation is 2. The largest absolute Gasteiger partial charge is 0.462 e. The van der Waals surface area contributed by atoms with Crippen molar-refractivity contribution in [3.63, 3.8) is 0 Å². The number of rotatable bonds is 7. The Hall–Kier alpha value is -4.43. The predicted molar refractivity (Wildman–Crippen MR) is 143 cm³/mol. The van der Waals surface area contributed by atoms with E-state index in [2.05, 4.69) is 5.32 Å². The van der Waals surface area contributed by atoms with Gasteiger partial charge in [0.2, 0.25) is 0 Å². The highest BCUT2D eigenvalue weighted by Crippen LogP contribution is 2.33. The minimum Gasteiger partial charge on any atom is -0.462 e. The maximum atomic E-state index is 13.2. The summed E-state index contributed by atoms with van der Waals surface area (Å²) in [7, 11) is 0. The van der Waals surface area contributed by atoms with E-state index in [1.54, 1.807) is 31.2 Å². The van der Waals surface area contributed by atoms with Gasteiger partial charge < -0.3 is 14.8 Å². The van der Waals surface area contributed by atoms with Crippen LogP contribution in [0.25, 0.3) is 0 Å². The zero-order valence-corrected chi connectivity index (χ0v) is 22.0. The van der Waals surface area contributed by atoms with Crippen molar-refractivity contribution in [1.82, 2.24) is 0 Å². The van der Waals surface area contributed by atoms with Crippen molar-refractivity contribution in [2.75, 3.05) is 16.8 Å². The molecule has 194 valence electrons. The molecular formula is C29H25ClN2O6. The normalized spacial score (nSPS) is 13.1. The van der Waals surface area contributed by atoms with Crippen LogP contribution in [0, 0.1) is 20.8 Å². The average molecular weight is 533 g/mol. The highest BCUT2D eigenvalue weighted by atomic mass is 35.5. The zero-order valence-electron chi connectivity index (χ0n) is 21.3. The van der Waals surface area contributed by atoms with E-state index in [0.717, 1.165) is 21.6 Å². The third kappa shape index (κ3) is 5.03. The number of hydrogen-bond donors (Lipinski definition) is 1. The molecule has 1 N–H and O–H groups in total. The molecule has 0 saturated heterocycles. The fraction of sp³-hybridized carbons (Fsp3) is 0.172. The second-order valence-corrected chi connectivity index (χ2v) is 9.00. The van der Waals surface area contributed by atoms with Gasteiger partial charge in [-0.2, -0.15) is 0 Å². The number of carbonyl (C=O) groups excluding carboxylic acids is 4. The number of carbonyl (C=O) groups is 4. The molecule has 8 nitrogen and oxygen atoms in total. The number of anilines is 2. The van der Waals surface area contributed by atoms with Crippen LogP contribution in [-0.4, -0.2) is 30.4 Å². The molecule has 0 atom stereocenters. The Bertz CT molecular complexity index is 1490. The maximum absolute atomic E-state index is 13.2. The van der Waals surface area contributed by atoms with E-state index in [1.165, 1.54) is 24.3 Å². The van der Waals surface area contributed by atoms with Crippen LogP contribution in [-0.2, 0) is 14.3 Å². The number of para-hydroxylation sites is 1. The molecule has 1 heterocycles. The Morgan fingerprint density at radius 1 is 0.868 bits per heavy atom. The van der Waals surface area contributed by atoms with Crippen molar-refractivity contribution >= 4 is 46.7 Å². The first-order valence-electron chi connectivity index (χ1n) is 11.8. The SMILES string of the molecule is CCOC(=O)c1ccccc1N1C(=O)C(Cl)=C(Nc2ccc(C(=O)Oc3c(C)ccc(C)c3C)cc2)C1=O. The lowest BCUT2D eigenvalue weighted by atomic mass is 10.1. The average Bonchev–Trinajstić information content (AvgIpc) is 3.12. The molecule has 3 aromatic rings. The lowest BCUT2D eigenvalue weighted by Crippen LogP contribution is -2.33. The number of halogens is 1. The summed E-state index contributed by atoms with van der Waals surface area (Å²) >= 11 is 6.24. The van der Waals surface area contributed by atoms with Crippen molar-refractivity contribution in [3.8, 4) is 5.75 Å². The maximum Gasteiger partial charge on any atom is 0.343 e. The topological polar surface area (TPSA) is 102 Å². The van der Waals surface area contributed by atoms with Gasteiger partial charge in [0.15, 0.2) is 0 Å². The Labute approximate surface area is 224 Å². The summed E-state index contributed by atoms with van der Waals surface area (Å²) in [6.07, 6.45) is 0. The number of amides is 2. The smallest absolute Gasteiger partial charge is 0.343 e. The van der Waals surface area contributed by atoms with Gasteiger partial charge in [-0.1, -0.05) is 35.9 Å². The second kappa shape index (κ2) is 10.9. The van der Waals surface area contributed by atoms with Crippen LogP contribution in [0.3, 0.4) is 0 Å². The Morgan fingerprint density at radius 2 is 1.53 bits per heavy atom. The number of nitrogens with zero attached hydrogens (tertiary/aromatic N) is 1. The first-order valence-corrected chi connectivity index (χ1v) is 12.2. The Morgan fingerprint density at radius 3 is 2.21 bits per heavy atom. The number of benzene rings is 3. The van der Waals surface area contributed by atoms with E-state index < -0.39 is 23.8 Å². The number of nitrogens with one attached hydrogen (secondary N) is 1. The van der Waals surface area contributed by atoms with Crippen LogP contribution in [0.5, 0.6) is 5.75 Å². The van der Waals surface area contributed by atoms with E-state index in [-0.39, 0.29) is 28.6 Å². The molecule has 9 heteroatoms. The predicted octanol–water partition coefficient (Wildman–Crippen LogP) is 5.44. The monoisotopic (exact) mass is 532 g/mol. The van der Waals surface area contributed by atoms with E-state index in [0.29, 0.717) is 17.0 Å². The van der Waals surface area contributed by atoms with Crippen molar-refractivity contribution < 1.29 is 28.7 Å². The lowest BCUT2D eigenvalue weighted by Gasteiger charge is -2.18. The first kappa shape index (κ1) is 26.6. The van der Waals surface area contributed by atoms with Gasteiger partial charge in [0.25, 0.3) is 11.8 Å². The number of ether oxygens (including phenoxy) is 2. The summed E-state index contributed by atoms with van der Waals surface area (Å²) < 4.78 is 10.7. The van der Waals surface area contributed by atoms with Crippen molar-refractivity contribution in [2.45, 2.75) is 27.7 Å². The molecule has 0 aromatic heterocycles. The summed E-state index contributed by atoms with van der Waals surface area (Å²) in [5.74, 6) is -2.18. The second-order valence-electron chi connectivity index (χ2n) is 8.62. The third-order valence-corrected chi connectivity index (χ3v) is 6.48. The van der Waals surface area contributed by atoms with E-state index in [9.17, 15) is 19.2 Å². The van der Waals surface area contributed by atoms with E-state index >= 15 is 0 Å². The highest BCUT2D eigenvalue weighted by molar-refractivity contribution is 6.53. The van der Waals surface area contributed by atoms with Gasteiger partial charge in [-0.15, -0.1) is 0 Å². The van der Waals surface area contributed by atoms with Crippen molar-refractivity contribution in [1.29, 1.82) is 0 Å². The van der Waals surface area contributed by atoms with Crippen molar-refractivity contribution in [2.24, 2.45) is 0 Å². The molecule has 0 spiro atoms. The molecule has 1 aliphatic rings. The summed E-state index contributed by atoms with van der Waals surface area (Å²) in [5.41, 5.74) is 3.43. The summed E-state index contributed by atoms with van der Waals surface area (Å²) in [4.78, 5) is 52.1. The fourth-order valence-corrected chi connectivity index (χ4v) is 4.16. The summed E-state index contributed by atoms with van der Waals surface area (Å²) in [6.45, 7) is 7.49. The molecule has 38 heavy (non-hydrogen) atoms. The van der Waals surface area contributed by atoms with Gasteiger partial charge in [0, 0.05) is 5.69 Å². The highest BCUT2D eigenvalue weighted by Gasteiger charge is 2.40. The molecule has 0 bridgehead atoms. The van der Waals surface area contributed by atoms with Crippen LogP contribution < -0.4 is 15.0 Å². The van der Waals surface area contributed by atoms with E-state index in [4.69, 9.17) is 21.1 Å². The van der Waals surface area contributed by atoms with Gasteiger partial charge in [0.1, 0.15) is 16.5 Å². The molecule has 0 saturated carbocycles. The number of imide groups is 1. The van der Waals surface area contributed by atoms with Gasteiger partial charge in [-0.25, -0.2) is 14.5 Å². The Kier molecular flexibility index (Phi) is 7.64. The third-order valence-electron chi connectivity index (χ3n) is 6.13. The number of hydrogen-bond acceptors (Lipinski definition) is 7. The minimum atomic E-state index is -0.778. The standard InChI is InChI=1S/C29H25ClN2O6/c1-5-37-29(36)21-8-6-7-9-22(21)32-26(33)23(30)24(27(32)34)31-20-14-12-19(13-15-20)28(35)38-25-17(3)11-10-16(2)18(25)4/h6-15,31H,5H2,1-4H3. The first-order chi connectivity index (χ1) is 18.1. The molecule has 1 aliphatic heterocycles.